The average Bonchev–Trinajstić information content (AvgIpc) is 3.62. The number of benzene rings is 2. The largest absolute Gasteiger partial charge is 0.453 e. The normalized spacial score (nSPS) is 15.6. The molecule has 1 aliphatic heterocycles. The molecule has 2 N–H and O–H groups in total. The summed E-state index contributed by atoms with van der Waals surface area (Å²) in [5, 5.41) is 14.7. The smallest absolute Gasteiger partial charge is 0.407 e. The Balaban J connectivity index is 1.60. The van der Waals surface area contributed by atoms with E-state index in [-0.39, 0.29) is 18.4 Å². The summed E-state index contributed by atoms with van der Waals surface area (Å²) in [4.78, 5) is 42.6. The Morgan fingerprint density at radius 3 is 2.27 bits per heavy atom. The summed E-state index contributed by atoms with van der Waals surface area (Å²) >= 11 is 1.32. The summed E-state index contributed by atoms with van der Waals surface area (Å²) in [6.07, 6.45) is 0.479. The van der Waals surface area contributed by atoms with Gasteiger partial charge in [0.05, 0.1) is 13.7 Å². The molecule has 2 aromatic carbocycles. The van der Waals surface area contributed by atoms with E-state index in [0.29, 0.717) is 24.3 Å². The van der Waals surface area contributed by atoms with Crippen LogP contribution in [0.4, 0.5) is 4.79 Å². The average molecular weight is 517 g/mol. The predicted molar refractivity (Wildman–Crippen MR) is 140 cm³/mol. The molecule has 1 fully saturated rings. The maximum Gasteiger partial charge on any atom is 0.407 e. The number of alkyl carbamates (subject to hydrolysis) is 1. The van der Waals surface area contributed by atoms with Gasteiger partial charge in [0.2, 0.25) is 11.8 Å². The third-order valence-electron chi connectivity index (χ3n) is 6.42. The van der Waals surface area contributed by atoms with Gasteiger partial charge in [-0.1, -0.05) is 60.7 Å². The third kappa shape index (κ3) is 6.16. The number of hydrogen-bond donors (Lipinski definition) is 2. The van der Waals surface area contributed by atoms with Crippen LogP contribution in [0.15, 0.2) is 72.8 Å². The molecule has 37 heavy (non-hydrogen) atoms. The van der Waals surface area contributed by atoms with Crippen LogP contribution in [0.5, 0.6) is 0 Å². The van der Waals surface area contributed by atoms with Gasteiger partial charge >= 0.3 is 6.09 Å². The van der Waals surface area contributed by atoms with Crippen molar-refractivity contribution in [2.45, 2.75) is 37.4 Å². The number of hydrogen-bond acceptors (Lipinski definition) is 6. The van der Waals surface area contributed by atoms with Crippen LogP contribution in [0.1, 0.15) is 39.6 Å². The molecule has 2 atom stereocenters. The first kappa shape index (κ1) is 25.9. The number of nitrogens with one attached hydrogen (secondary N) is 2. The lowest BCUT2D eigenvalue weighted by atomic mass is 9.84. The van der Waals surface area contributed by atoms with E-state index in [1.807, 2.05) is 66.7 Å². The molecule has 2 heterocycles. The van der Waals surface area contributed by atoms with E-state index < -0.39 is 24.1 Å². The molecule has 0 unspecified atom stereocenters. The molecule has 0 radical (unpaired) electrons. The molecule has 0 bridgehead atoms. The molecular weight excluding hydrogens is 488 g/mol. The Morgan fingerprint density at radius 1 is 1.05 bits per heavy atom. The van der Waals surface area contributed by atoms with Crippen molar-refractivity contribution in [1.82, 2.24) is 15.5 Å². The lowest BCUT2D eigenvalue weighted by Crippen LogP contribution is -2.55. The summed E-state index contributed by atoms with van der Waals surface area (Å²) < 4.78 is 4.87. The fourth-order valence-corrected chi connectivity index (χ4v) is 5.42. The Hall–Kier alpha value is -4.16. The van der Waals surface area contributed by atoms with E-state index in [1.54, 1.807) is 11.0 Å². The Morgan fingerprint density at radius 2 is 1.70 bits per heavy atom. The topological polar surface area (TPSA) is 112 Å². The van der Waals surface area contributed by atoms with E-state index in [4.69, 9.17) is 10.00 Å². The minimum atomic E-state index is -0.985. The zero-order chi connectivity index (χ0) is 26.2. The number of thiophene rings is 1. The summed E-state index contributed by atoms with van der Waals surface area (Å²) in [5.41, 5.74) is 1.71. The van der Waals surface area contributed by atoms with E-state index >= 15 is 0 Å². The Bertz CT molecular complexity index is 1230. The lowest BCUT2D eigenvalue weighted by molar-refractivity contribution is -0.140. The van der Waals surface area contributed by atoms with Crippen molar-refractivity contribution in [3.63, 3.8) is 0 Å². The molecule has 9 heteroatoms. The molecule has 3 aromatic rings. The first-order chi connectivity index (χ1) is 18.0. The van der Waals surface area contributed by atoms with Gasteiger partial charge in [0, 0.05) is 17.3 Å². The summed E-state index contributed by atoms with van der Waals surface area (Å²) in [6, 6.07) is 23.0. The molecule has 4 rings (SSSR count). The number of amides is 3. The van der Waals surface area contributed by atoms with E-state index in [9.17, 15) is 14.4 Å². The summed E-state index contributed by atoms with van der Waals surface area (Å²) in [6.45, 7) is 0.689. The number of likely N-dealkylation sites (tertiary alicyclic amines) is 1. The highest BCUT2D eigenvalue weighted by Crippen LogP contribution is 2.31. The maximum absolute atomic E-state index is 14.1. The Kier molecular flexibility index (Phi) is 8.54. The highest BCUT2D eigenvalue weighted by Gasteiger charge is 2.41. The number of rotatable bonds is 8. The Labute approximate surface area is 219 Å². The molecule has 0 aliphatic carbocycles. The van der Waals surface area contributed by atoms with Crippen LogP contribution in [0.3, 0.4) is 0 Å². The third-order valence-corrected chi connectivity index (χ3v) is 7.41. The molecular formula is C28H28N4O4S. The highest BCUT2D eigenvalue weighted by molar-refractivity contribution is 7.12. The van der Waals surface area contributed by atoms with Crippen LogP contribution >= 0.6 is 11.3 Å². The molecule has 1 aromatic heterocycles. The number of carbonyl (C=O) groups excluding carboxylic acids is 3. The minimum absolute atomic E-state index is 0.259. The monoisotopic (exact) mass is 516 g/mol. The number of carbonyl (C=O) groups is 3. The molecule has 1 saturated heterocycles. The van der Waals surface area contributed by atoms with Gasteiger partial charge in [0.1, 0.15) is 23.0 Å². The van der Waals surface area contributed by atoms with Crippen molar-refractivity contribution in [1.29, 1.82) is 5.26 Å². The fourth-order valence-electron chi connectivity index (χ4n) is 4.68. The molecule has 8 nitrogen and oxygen atoms in total. The minimum Gasteiger partial charge on any atom is -0.453 e. The van der Waals surface area contributed by atoms with Gasteiger partial charge in [0.15, 0.2) is 0 Å². The number of nitrogens with zero attached hydrogens (tertiary/aromatic N) is 2. The molecule has 3 amide bonds. The van der Waals surface area contributed by atoms with Gasteiger partial charge in [-0.15, -0.1) is 11.3 Å². The van der Waals surface area contributed by atoms with Gasteiger partial charge < -0.3 is 20.3 Å². The zero-order valence-corrected chi connectivity index (χ0v) is 21.2. The van der Waals surface area contributed by atoms with Gasteiger partial charge in [-0.25, -0.2) is 4.79 Å². The quantitative estimate of drug-likeness (QED) is 0.473. The van der Waals surface area contributed by atoms with Crippen LogP contribution in [0.2, 0.25) is 0 Å². The van der Waals surface area contributed by atoms with Crippen molar-refractivity contribution >= 4 is 29.2 Å². The van der Waals surface area contributed by atoms with Crippen LogP contribution in [0, 0.1) is 11.3 Å². The van der Waals surface area contributed by atoms with Crippen molar-refractivity contribution in [3.05, 3.63) is 93.7 Å². The number of ether oxygens (including phenoxy) is 1. The lowest BCUT2D eigenvalue weighted by Gasteiger charge is -2.33. The maximum atomic E-state index is 14.1. The van der Waals surface area contributed by atoms with Crippen LogP contribution < -0.4 is 10.6 Å². The standard InChI is InChI=1S/C28H28N4O4S/c1-36-28(35)31-25(24(19-9-4-2-5-10-19)20-11-6-3-7-12-20)27(34)32-16-8-13-23(32)26(33)30-18-22-15-14-21(17-29)37-22/h2-7,9-12,14-15,23-25H,8,13,16,18H2,1H3,(H,30,33)(H,31,35)/t23-,25+/m0/s1. The van der Waals surface area contributed by atoms with Gasteiger partial charge in [0.25, 0.3) is 0 Å². The van der Waals surface area contributed by atoms with Crippen molar-refractivity contribution < 1.29 is 19.1 Å². The summed E-state index contributed by atoms with van der Waals surface area (Å²) in [5.74, 6) is -1.09. The van der Waals surface area contributed by atoms with E-state index in [1.165, 1.54) is 18.4 Å². The van der Waals surface area contributed by atoms with Crippen LogP contribution in [0.25, 0.3) is 0 Å². The van der Waals surface area contributed by atoms with Gasteiger partial charge in [-0.2, -0.15) is 5.26 Å². The summed E-state index contributed by atoms with van der Waals surface area (Å²) in [7, 11) is 1.26. The van der Waals surface area contributed by atoms with Crippen LogP contribution in [-0.2, 0) is 20.9 Å². The van der Waals surface area contributed by atoms with Crippen molar-refractivity contribution in [3.8, 4) is 6.07 Å². The predicted octanol–water partition coefficient (Wildman–Crippen LogP) is 3.78. The molecule has 0 saturated carbocycles. The van der Waals surface area contributed by atoms with Crippen molar-refractivity contribution in [2.75, 3.05) is 13.7 Å². The highest BCUT2D eigenvalue weighted by atomic mass is 32.1. The van der Waals surface area contributed by atoms with Crippen molar-refractivity contribution in [2.24, 2.45) is 0 Å². The zero-order valence-electron chi connectivity index (χ0n) is 20.4. The van der Waals surface area contributed by atoms with Crippen LogP contribution in [-0.4, -0.2) is 48.5 Å². The van der Waals surface area contributed by atoms with E-state index in [0.717, 1.165) is 16.0 Å². The number of nitriles is 1. The van der Waals surface area contributed by atoms with Gasteiger partial charge in [-0.3, -0.25) is 9.59 Å². The van der Waals surface area contributed by atoms with Gasteiger partial charge in [-0.05, 0) is 36.1 Å². The van der Waals surface area contributed by atoms with E-state index in [2.05, 4.69) is 16.7 Å². The molecule has 1 aliphatic rings. The molecule has 0 spiro atoms. The second kappa shape index (κ2) is 12.2. The fraction of sp³-hybridized carbons (Fsp3) is 0.286. The number of methoxy groups -OCH3 is 1. The SMILES string of the molecule is COC(=O)N[C@@H](C(=O)N1CCC[C@H]1C(=O)NCc1ccc(C#N)s1)C(c1ccccc1)c1ccccc1. The second-order valence-electron chi connectivity index (χ2n) is 8.70. The molecule has 190 valence electrons. The first-order valence-electron chi connectivity index (χ1n) is 12.0. The first-order valence-corrected chi connectivity index (χ1v) is 12.8. The second-order valence-corrected chi connectivity index (χ2v) is 9.87.